The number of H-pyrrole nitrogens is 1. The van der Waals surface area contributed by atoms with Gasteiger partial charge in [-0.1, -0.05) is 0 Å². The van der Waals surface area contributed by atoms with Crippen molar-refractivity contribution in [2.45, 2.75) is 39.0 Å². The maximum Gasteiger partial charge on any atom is 0.133 e. The molecule has 3 aromatic rings. The lowest BCUT2D eigenvalue weighted by atomic mass is 9.96. The average Bonchev–Trinajstić information content (AvgIpc) is 2.98. The number of hydrogen-bond donors (Lipinski definition) is 2. The van der Waals surface area contributed by atoms with Crippen molar-refractivity contribution in [2.75, 3.05) is 11.9 Å². The molecule has 0 amide bonds. The van der Waals surface area contributed by atoms with Gasteiger partial charge in [0.2, 0.25) is 0 Å². The van der Waals surface area contributed by atoms with Gasteiger partial charge in [-0.15, -0.1) is 0 Å². The molecule has 5 heteroatoms. The van der Waals surface area contributed by atoms with Crippen molar-refractivity contribution < 1.29 is 0 Å². The van der Waals surface area contributed by atoms with E-state index >= 15 is 0 Å². The zero-order valence-corrected chi connectivity index (χ0v) is 13.4. The van der Waals surface area contributed by atoms with Crippen LogP contribution in [-0.4, -0.2) is 26.5 Å². The van der Waals surface area contributed by atoms with E-state index in [9.17, 15) is 0 Å². The summed E-state index contributed by atoms with van der Waals surface area (Å²) in [5.74, 6) is 1.90. The fourth-order valence-electron chi connectivity index (χ4n) is 3.40. The fraction of sp³-hybridized carbons (Fsp3) is 0.389. The molecule has 0 saturated carbocycles. The summed E-state index contributed by atoms with van der Waals surface area (Å²) < 4.78 is 0. The second-order valence-corrected chi connectivity index (χ2v) is 6.16. The highest BCUT2D eigenvalue weighted by molar-refractivity contribution is 5.82. The molecule has 0 spiro atoms. The van der Waals surface area contributed by atoms with Gasteiger partial charge in [0.05, 0.1) is 0 Å². The topological polar surface area (TPSA) is 66.5 Å². The predicted molar refractivity (Wildman–Crippen MR) is 91.7 cm³/mol. The summed E-state index contributed by atoms with van der Waals surface area (Å²) in [4.78, 5) is 16.8. The second-order valence-electron chi connectivity index (χ2n) is 6.16. The van der Waals surface area contributed by atoms with Crippen LogP contribution in [0.1, 0.15) is 35.5 Å². The molecule has 0 atom stereocenters. The van der Waals surface area contributed by atoms with Crippen molar-refractivity contribution in [3.05, 3.63) is 47.3 Å². The Hall–Kier alpha value is -2.43. The van der Waals surface area contributed by atoms with E-state index < -0.39 is 0 Å². The van der Waals surface area contributed by atoms with Crippen LogP contribution < -0.4 is 5.32 Å². The molecule has 0 bridgehead atoms. The van der Waals surface area contributed by atoms with Crippen molar-refractivity contribution in [3.63, 3.8) is 0 Å². The molecular weight excluding hydrogens is 286 g/mol. The molecule has 3 aromatic heterocycles. The molecule has 4 rings (SSSR count). The summed E-state index contributed by atoms with van der Waals surface area (Å²) in [5.41, 5.74) is 5.00. The zero-order valence-electron chi connectivity index (χ0n) is 13.4. The van der Waals surface area contributed by atoms with E-state index in [-0.39, 0.29) is 0 Å². The first-order valence-electron chi connectivity index (χ1n) is 8.31. The van der Waals surface area contributed by atoms with Crippen LogP contribution in [0.3, 0.4) is 0 Å². The Morgan fingerprint density at radius 2 is 2.13 bits per heavy atom. The van der Waals surface area contributed by atoms with E-state index in [0.717, 1.165) is 43.0 Å². The lowest BCUT2D eigenvalue weighted by molar-refractivity contribution is 0.659. The molecule has 3 heterocycles. The quantitative estimate of drug-likeness (QED) is 0.777. The van der Waals surface area contributed by atoms with Gasteiger partial charge in [0.15, 0.2) is 0 Å². The number of aromatic amines is 1. The maximum absolute atomic E-state index is 4.63. The van der Waals surface area contributed by atoms with Crippen LogP contribution in [0.2, 0.25) is 0 Å². The third-order valence-corrected chi connectivity index (χ3v) is 4.55. The number of pyridine rings is 1. The van der Waals surface area contributed by atoms with E-state index in [4.69, 9.17) is 0 Å². The van der Waals surface area contributed by atoms with E-state index in [1.165, 1.54) is 35.0 Å². The maximum atomic E-state index is 4.63. The first-order chi connectivity index (χ1) is 11.3. The molecule has 23 heavy (non-hydrogen) atoms. The number of aromatic nitrogens is 4. The summed E-state index contributed by atoms with van der Waals surface area (Å²) in [7, 11) is 0. The summed E-state index contributed by atoms with van der Waals surface area (Å²) >= 11 is 0. The van der Waals surface area contributed by atoms with Crippen molar-refractivity contribution >= 4 is 16.7 Å². The molecule has 0 saturated heterocycles. The molecular formula is C18H21N5. The summed E-state index contributed by atoms with van der Waals surface area (Å²) in [6, 6.07) is 2.01. The summed E-state index contributed by atoms with van der Waals surface area (Å²) in [6.07, 6.45) is 11.4. The van der Waals surface area contributed by atoms with Gasteiger partial charge in [0, 0.05) is 47.3 Å². The van der Waals surface area contributed by atoms with Crippen molar-refractivity contribution in [1.82, 2.24) is 19.9 Å². The number of fused-ring (bicyclic) bond motifs is 2. The molecule has 2 N–H and O–H groups in total. The van der Waals surface area contributed by atoms with Gasteiger partial charge in [0.1, 0.15) is 11.6 Å². The highest BCUT2D eigenvalue weighted by Crippen LogP contribution is 2.25. The number of aryl methyl sites for hydroxylation is 2. The highest BCUT2D eigenvalue weighted by Gasteiger charge is 2.16. The van der Waals surface area contributed by atoms with E-state index in [1.54, 1.807) is 0 Å². The Balaban J connectivity index is 1.50. The lowest BCUT2D eigenvalue weighted by Gasteiger charge is -2.19. The molecule has 5 nitrogen and oxygen atoms in total. The fourth-order valence-corrected chi connectivity index (χ4v) is 3.40. The molecule has 0 unspecified atom stereocenters. The van der Waals surface area contributed by atoms with Crippen LogP contribution in [0.25, 0.3) is 10.9 Å². The van der Waals surface area contributed by atoms with Gasteiger partial charge in [-0.05, 0) is 50.7 Å². The van der Waals surface area contributed by atoms with Crippen LogP contribution in [-0.2, 0) is 19.3 Å². The Bertz CT molecular complexity index is 837. The summed E-state index contributed by atoms with van der Waals surface area (Å²) in [6.45, 7) is 2.84. The van der Waals surface area contributed by atoms with E-state index in [0.29, 0.717) is 0 Å². The minimum atomic E-state index is 0.865. The first-order valence-corrected chi connectivity index (χ1v) is 8.31. The van der Waals surface area contributed by atoms with Crippen LogP contribution in [0.15, 0.2) is 24.7 Å². The Morgan fingerprint density at radius 3 is 3.09 bits per heavy atom. The normalized spacial score (nSPS) is 14.0. The molecule has 1 aliphatic carbocycles. The van der Waals surface area contributed by atoms with Crippen LogP contribution in [0, 0.1) is 6.92 Å². The number of nitrogens with one attached hydrogen (secondary N) is 2. The van der Waals surface area contributed by atoms with Crippen molar-refractivity contribution in [2.24, 2.45) is 0 Å². The third-order valence-electron chi connectivity index (χ3n) is 4.55. The largest absolute Gasteiger partial charge is 0.369 e. The lowest BCUT2D eigenvalue weighted by Crippen LogP contribution is -2.15. The average molecular weight is 307 g/mol. The molecule has 118 valence electrons. The zero-order chi connectivity index (χ0) is 15.6. The minimum Gasteiger partial charge on any atom is -0.369 e. The first kappa shape index (κ1) is 14.2. The molecule has 0 radical (unpaired) electrons. The number of nitrogens with zero attached hydrogens (tertiary/aromatic N) is 3. The number of hydrogen-bond acceptors (Lipinski definition) is 4. The molecule has 0 aliphatic heterocycles. The van der Waals surface area contributed by atoms with Gasteiger partial charge < -0.3 is 10.3 Å². The van der Waals surface area contributed by atoms with Gasteiger partial charge in [-0.25, -0.2) is 9.97 Å². The van der Waals surface area contributed by atoms with Gasteiger partial charge in [0.25, 0.3) is 0 Å². The molecule has 0 aromatic carbocycles. The van der Waals surface area contributed by atoms with Crippen LogP contribution in [0.4, 0.5) is 5.82 Å². The van der Waals surface area contributed by atoms with Gasteiger partial charge >= 0.3 is 0 Å². The van der Waals surface area contributed by atoms with Crippen LogP contribution in [0.5, 0.6) is 0 Å². The number of rotatable bonds is 4. The second kappa shape index (κ2) is 5.99. The smallest absolute Gasteiger partial charge is 0.133 e. The predicted octanol–water partition coefficient (Wildman–Crippen LogP) is 3.19. The Morgan fingerprint density at radius 1 is 1.22 bits per heavy atom. The minimum absolute atomic E-state index is 0.865. The molecule has 1 aliphatic rings. The van der Waals surface area contributed by atoms with Gasteiger partial charge in [-0.2, -0.15) is 0 Å². The van der Waals surface area contributed by atoms with E-state index in [2.05, 4.69) is 31.4 Å². The standard InChI is InChI=1S/C18H21N5/c1-12-22-17-5-3-2-4-14(17)18(23-12)20-9-6-13-10-21-16-7-8-19-11-15(13)16/h7-8,10-11,21H,2-6,9H2,1H3,(H,20,22,23). The Labute approximate surface area is 135 Å². The third kappa shape index (κ3) is 2.79. The van der Waals surface area contributed by atoms with Crippen molar-refractivity contribution in [3.8, 4) is 0 Å². The Kier molecular flexibility index (Phi) is 3.69. The van der Waals surface area contributed by atoms with Crippen LogP contribution >= 0.6 is 0 Å². The summed E-state index contributed by atoms with van der Waals surface area (Å²) in [5, 5.41) is 4.74. The SMILES string of the molecule is Cc1nc2c(c(NCCc3c[nH]c4ccncc34)n1)CCCC2. The monoisotopic (exact) mass is 307 g/mol. The van der Waals surface area contributed by atoms with Gasteiger partial charge in [-0.3, -0.25) is 4.98 Å². The number of anilines is 1. The van der Waals surface area contributed by atoms with E-state index in [1.807, 2.05) is 25.4 Å². The highest BCUT2D eigenvalue weighted by atomic mass is 15.0. The van der Waals surface area contributed by atoms with Crippen molar-refractivity contribution in [1.29, 1.82) is 0 Å². The molecule has 0 fully saturated rings.